The van der Waals surface area contributed by atoms with E-state index < -0.39 is 0 Å². The Balaban J connectivity index is 2.46. The number of hydrogen-bond donors (Lipinski definition) is 2. The molecule has 0 saturated carbocycles. The van der Waals surface area contributed by atoms with Crippen molar-refractivity contribution in [3.63, 3.8) is 0 Å². The molecule has 0 aromatic heterocycles. The van der Waals surface area contributed by atoms with Gasteiger partial charge in [-0.25, -0.2) is 5.43 Å². The van der Waals surface area contributed by atoms with Crippen LogP contribution in [-0.2, 0) is 6.42 Å². The molecule has 2 aromatic carbocycles. The van der Waals surface area contributed by atoms with Gasteiger partial charge in [-0.3, -0.25) is 5.84 Å². The van der Waals surface area contributed by atoms with Gasteiger partial charge in [0.25, 0.3) is 0 Å². The third-order valence-electron chi connectivity index (χ3n) is 3.15. The van der Waals surface area contributed by atoms with Crippen LogP contribution >= 0.6 is 27.5 Å². The van der Waals surface area contributed by atoms with Crippen molar-refractivity contribution in [3.8, 4) is 0 Å². The normalized spacial score (nSPS) is 12.4. The third kappa shape index (κ3) is 3.18. The Kier molecular flexibility index (Phi) is 4.99. The minimum absolute atomic E-state index is 0.114. The predicted octanol–water partition coefficient (Wildman–Crippen LogP) is 4.22. The standard InChI is InChI=1S/C15H16BrClN2/c1-2-10-5-3-6-11(9-10)15(19-18)12-7-4-8-13(16)14(12)17/h3-9,15,19H,2,18H2,1H3. The van der Waals surface area contributed by atoms with Crippen LogP contribution in [0.1, 0.15) is 29.7 Å². The molecule has 0 aliphatic rings. The van der Waals surface area contributed by atoms with Crippen LogP contribution in [0.15, 0.2) is 46.9 Å². The minimum atomic E-state index is -0.114. The second-order valence-corrected chi connectivity index (χ2v) is 5.57. The average molecular weight is 340 g/mol. The van der Waals surface area contributed by atoms with Crippen LogP contribution in [-0.4, -0.2) is 0 Å². The second kappa shape index (κ2) is 6.53. The highest BCUT2D eigenvalue weighted by Gasteiger charge is 2.17. The number of rotatable bonds is 4. The van der Waals surface area contributed by atoms with Gasteiger partial charge < -0.3 is 0 Å². The van der Waals surface area contributed by atoms with Crippen molar-refractivity contribution in [2.24, 2.45) is 5.84 Å². The molecule has 0 bridgehead atoms. The number of hydrazine groups is 1. The molecule has 2 rings (SSSR count). The molecule has 2 aromatic rings. The molecule has 0 aliphatic carbocycles. The van der Waals surface area contributed by atoms with Crippen molar-refractivity contribution in [2.75, 3.05) is 0 Å². The smallest absolute Gasteiger partial charge is 0.0725 e. The maximum absolute atomic E-state index is 6.35. The van der Waals surface area contributed by atoms with Crippen LogP contribution in [0, 0.1) is 0 Å². The van der Waals surface area contributed by atoms with Gasteiger partial charge >= 0.3 is 0 Å². The monoisotopic (exact) mass is 338 g/mol. The van der Waals surface area contributed by atoms with E-state index in [2.05, 4.69) is 46.5 Å². The van der Waals surface area contributed by atoms with E-state index >= 15 is 0 Å². The van der Waals surface area contributed by atoms with Crippen LogP contribution < -0.4 is 11.3 Å². The second-order valence-electron chi connectivity index (χ2n) is 4.34. The van der Waals surface area contributed by atoms with Crippen molar-refractivity contribution in [1.29, 1.82) is 0 Å². The average Bonchev–Trinajstić information content (AvgIpc) is 2.44. The number of aryl methyl sites for hydroxylation is 1. The molecule has 100 valence electrons. The summed E-state index contributed by atoms with van der Waals surface area (Å²) in [6.45, 7) is 2.13. The fraction of sp³-hybridized carbons (Fsp3) is 0.200. The summed E-state index contributed by atoms with van der Waals surface area (Å²) in [5.41, 5.74) is 6.21. The Labute approximate surface area is 127 Å². The maximum Gasteiger partial charge on any atom is 0.0725 e. The van der Waals surface area contributed by atoms with E-state index in [9.17, 15) is 0 Å². The molecule has 0 spiro atoms. The van der Waals surface area contributed by atoms with Gasteiger partial charge in [0.2, 0.25) is 0 Å². The van der Waals surface area contributed by atoms with Gasteiger partial charge in [0.1, 0.15) is 0 Å². The Morgan fingerprint density at radius 3 is 2.68 bits per heavy atom. The Hall–Kier alpha value is -0.870. The molecule has 0 amide bonds. The van der Waals surface area contributed by atoms with Gasteiger partial charge in [-0.15, -0.1) is 0 Å². The molecular weight excluding hydrogens is 324 g/mol. The predicted molar refractivity (Wildman–Crippen MR) is 84.1 cm³/mol. The minimum Gasteiger partial charge on any atom is -0.271 e. The summed E-state index contributed by atoms with van der Waals surface area (Å²) >= 11 is 9.79. The molecular formula is C15H16BrClN2. The molecule has 0 heterocycles. The van der Waals surface area contributed by atoms with Gasteiger partial charge in [-0.2, -0.15) is 0 Å². The molecule has 1 unspecified atom stereocenters. The number of hydrogen-bond acceptors (Lipinski definition) is 2. The molecule has 1 atom stereocenters. The summed E-state index contributed by atoms with van der Waals surface area (Å²) in [4.78, 5) is 0. The summed E-state index contributed by atoms with van der Waals surface area (Å²) in [6, 6.07) is 14.1. The largest absolute Gasteiger partial charge is 0.271 e. The lowest BCUT2D eigenvalue weighted by atomic mass is 9.97. The first-order chi connectivity index (χ1) is 9.17. The molecule has 3 N–H and O–H groups in total. The quantitative estimate of drug-likeness (QED) is 0.646. The highest BCUT2D eigenvalue weighted by molar-refractivity contribution is 9.10. The van der Waals surface area contributed by atoms with E-state index in [4.69, 9.17) is 17.4 Å². The first-order valence-electron chi connectivity index (χ1n) is 6.16. The molecule has 0 aliphatic heterocycles. The number of benzene rings is 2. The van der Waals surface area contributed by atoms with E-state index in [0.717, 1.165) is 22.0 Å². The highest BCUT2D eigenvalue weighted by Crippen LogP contribution is 2.33. The fourth-order valence-electron chi connectivity index (χ4n) is 2.10. The van der Waals surface area contributed by atoms with E-state index in [1.165, 1.54) is 5.56 Å². The van der Waals surface area contributed by atoms with Crippen molar-refractivity contribution in [2.45, 2.75) is 19.4 Å². The first-order valence-corrected chi connectivity index (χ1v) is 7.33. The van der Waals surface area contributed by atoms with Crippen molar-refractivity contribution >= 4 is 27.5 Å². The molecule has 0 fully saturated rings. The van der Waals surface area contributed by atoms with Gasteiger partial charge in [0, 0.05) is 4.47 Å². The van der Waals surface area contributed by atoms with Gasteiger partial charge in [0.05, 0.1) is 11.1 Å². The van der Waals surface area contributed by atoms with Crippen LogP contribution in [0.4, 0.5) is 0 Å². The van der Waals surface area contributed by atoms with Gasteiger partial charge in [-0.1, -0.05) is 54.9 Å². The van der Waals surface area contributed by atoms with Crippen LogP contribution in [0.2, 0.25) is 5.02 Å². The lowest BCUT2D eigenvalue weighted by Crippen LogP contribution is -2.29. The zero-order valence-corrected chi connectivity index (χ0v) is 13.0. The van der Waals surface area contributed by atoms with Crippen molar-refractivity contribution in [3.05, 3.63) is 68.7 Å². The van der Waals surface area contributed by atoms with Crippen LogP contribution in [0.25, 0.3) is 0 Å². The number of halogens is 2. The van der Waals surface area contributed by atoms with E-state index in [1.54, 1.807) is 0 Å². The molecule has 0 saturated heterocycles. The maximum atomic E-state index is 6.35. The molecule has 4 heteroatoms. The molecule has 19 heavy (non-hydrogen) atoms. The third-order valence-corrected chi connectivity index (χ3v) is 4.46. The van der Waals surface area contributed by atoms with E-state index in [-0.39, 0.29) is 6.04 Å². The van der Waals surface area contributed by atoms with Crippen LogP contribution in [0.3, 0.4) is 0 Å². The molecule has 2 nitrogen and oxygen atoms in total. The van der Waals surface area contributed by atoms with E-state index in [0.29, 0.717) is 5.02 Å². The summed E-state index contributed by atoms with van der Waals surface area (Å²) < 4.78 is 0.874. The zero-order chi connectivity index (χ0) is 13.8. The summed E-state index contributed by atoms with van der Waals surface area (Å²) in [7, 11) is 0. The van der Waals surface area contributed by atoms with Crippen LogP contribution in [0.5, 0.6) is 0 Å². The van der Waals surface area contributed by atoms with Gasteiger partial charge in [0.15, 0.2) is 0 Å². The van der Waals surface area contributed by atoms with Crippen molar-refractivity contribution < 1.29 is 0 Å². The zero-order valence-electron chi connectivity index (χ0n) is 10.7. The van der Waals surface area contributed by atoms with E-state index in [1.807, 2.05) is 24.3 Å². The SMILES string of the molecule is CCc1cccc(C(NN)c2cccc(Br)c2Cl)c1. The van der Waals surface area contributed by atoms with Gasteiger partial charge in [-0.05, 0) is 45.1 Å². The lowest BCUT2D eigenvalue weighted by Gasteiger charge is -2.19. The van der Waals surface area contributed by atoms with Crippen molar-refractivity contribution in [1.82, 2.24) is 5.43 Å². The highest BCUT2D eigenvalue weighted by atomic mass is 79.9. The topological polar surface area (TPSA) is 38.0 Å². The number of nitrogens with two attached hydrogens (primary N) is 1. The Morgan fingerprint density at radius 2 is 2.00 bits per heavy atom. The summed E-state index contributed by atoms with van der Waals surface area (Å²) in [5, 5.41) is 0.687. The summed E-state index contributed by atoms with van der Waals surface area (Å²) in [5.74, 6) is 5.72. The Bertz CT molecular complexity index is 572. The molecule has 0 radical (unpaired) electrons. The fourth-order valence-corrected chi connectivity index (χ4v) is 2.72. The number of nitrogens with one attached hydrogen (secondary N) is 1. The summed E-state index contributed by atoms with van der Waals surface area (Å²) in [6.07, 6.45) is 0.997. The lowest BCUT2D eigenvalue weighted by molar-refractivity contribution is 0.636. The first kappa shape index (κ1) is 14.5. The Morgan fingerprint density at radius 1 is 1.26 bits per heavy atom.